The molecule has 0 aliphatic carbocycles. The van der Waals surface area contributed by atoms with E-state index in [1.165, 1.54) is 11.1 Å². The standard InChI is InChI=1S/C15H17BO/c1-12(2)16(17)15-10-8-14(9-11-15)13-6-4-3-5-7-13/h3-12,17H,1-2H3. The van der Waals surface area contributed by atoms with Crippen molar-refractivity contribution in [2.45, 2.75) is 19.7 Å². The van der Waals surface area contributed by atoms with Gasteiger partial charge in [0.05, 0.1) is 0 Å². The van der Waals surface area contributed by atoms with Crippen LogP contribution in [0.25, 0.3) is 11.1 Å². The molecule has 0 saturated heterocycles. The third-order valence-electron chi connectivity index (χ3n) is 2.99. The molecule has 2 aromatic rings. The van der Waals surface area contributed by atoms with Crippen molar-refractivity contribution >= 4 is 12.4 Å². The number of benzene rings is 2. The molecular weight excluding hydrogens is 207 g/mol. The van der Waals surface area contributed by atoms with Crippen molar-refractivity contribution in [3.05, 3.63) is 54.6 Å². The minimum Gasteiger partial charge on any atom is -0.446 e. The molecular formula is C15H17BO. The average molecular weight is 224 g/mol. The number of hydrogen-bond acceptors (Lipinski definition) is 1. The molecule has 2 rings (SSSR count). The van der Waals surface area contributed by atoms with Gasteiger partial charge in [0.15, 0.2) is 0 Å². The quantitative estimate of drug-likeness (QED) is 0.794. The fraction of sp³-hybridized carbons (Fsp3) is 0.200. The third-order valence-corrected chi connectivity index (χ3v) is 2.99. The lowest BCUT2D eigenvalue weighted by atomic mass is 9.53. The van der Waals surface area contributed by atoms with E-state index in [9.17, 15) is 5.02 Å². The highest BCUT2D eigenvalue weighted by Gasteiger charge is 2.17. The smallest absolute Gasteiger partial charge is 0.326 e. The Bertz CT molecular complexity index is 462. The van der Waals surface area contributed by atoms with Crippen LogP contribution in [0.1, 0.15) is 13.8 Å². The molecule has 0 fully saturated rings. The van der Waals surface area contributed by atoms with E-state index in [-0.39, 0.29) is 12.7 Å². The van der Waals surface area contributed by atoms with E-state index in [0.717, 1.165) is 5.46 Å². The lowest BCUT2D eigenvalue weighted by molar-refractivity contribution is 0.569. The Morgan fingerprint density at radius 2 is 1.35 bits per heavy atom. The van der Waals surface area contributed by atoms with Gasteiger partial charge >= 0.3 is 6.92 Å². The van der Waals surface area contributed by atoms with Crippen molar-refractivity contribution in [2.24, 2.45) is 0 Å². The molecule has 1 nitrogen and oxygen atoms in total. The minimum absolute atomic E-state index is 0.248. The van der Waals surface area contributed by atoms with Crippen LogP contribution in [0.4, 0.5) is 0 Å². The van der Waals surface area contributed by atoms with Gasteiger partial charge in [0, 0.05) is 0 Å². The first-order chi connectivity index (χ1) is 8.18. The third kappa shape index (κ3) is 2.77. The number of rotatable bonds is 3. The van der Waals surface area contributed by atoms with Gasteiger partial charge in [0.1, 0.15) is 0 Å². The van der Waals surface area contributed by atoms with Crippen LogP contribution in [0.15, 0.2) is 54.6 Å². The monoisotopic (exact) mass is 224 g/mol. The Labute approximate surface area is 103 Å². The van der Waals surface area contributed by atoms with E-state index < -0.39 is 0 Å². The van der Waals surface area contributed by atoms with E-state index >= 15 is 0 Å². The Hall–Kier alpha value is -1.54. The predicted molar refractivity (Wildman–Crippen MR) is 74.6 cm³/mol. The van der Waals surface area contributed by atoms with E-state index in [2.05, 4.69) is 24.3 Å². The van der Waals surface area contributed by atoms with Gasteiger partial charge in [-0.2, -0.15) is 0 Å². The van der Waals surface area contributed by atoms with E-state index in [1.807, 2.05) is 44.2 Å². The van der Waals surface area contributed by atoms with Crippen LogP contribution >= 0.6 is 0 Å². The Kier molecular flexibility index (Phi) is 3.65. The largest absolute Gasteiger partial charge is 0.446 e. The molecule has 0 bridgehead atoms. The lowest BCUT2D eigenvalue weighted by Crippen LogP contribution is -2.32. The van der Waals surface area contributed by atoms with Crippen molar-refractivity contribution in [2.75, 3.05) is 0 Å². The van der Waals surface area contributed by atoms with Gasteiger partial charge in [-0.15, -0.1) is 0 Å². The van der Waals surface area contributed by atoms with Crippen molar-refractivity contribution < 1.29 is 5.02 Å². The fourth-order valence-corrected chi connectivity index (χ4v) is 1.89. The molecule has 0 radical (unpaired) electrons. The average Bonchev–Trinajstić information content (AvgIpc) is 2.39. The number of hydrogen-bond donors (Lipinski definition) is 1. The summed E-state index contributed by atoms with van der Waals surface area (Å²) < 4.78 is 0. The second-order valence-corrected chi connectivity index (χ2v) is 4.68. The first-order valence-electron chi connectivity index (χ1n) is 6.02. The summed E-state index contributed by atoms with van der Waals surface area (Å²) in [5, 5.41) is 9.96. The highest BCUT2D eigenvalue weighted by Crippen LogP contribution is 2.17. The van der Waals surface area contributed by atoms with Crippen LogP contribution < -0.4 is 5.46 Å². The molecule has 17 heavy (non-hydrogen) atoms. The van der Waals surface area contributed by atoms with Crippen LogP contribution in [-0.2, 0) is 0 Å². The lowest BCUT2D eigenvalue weighted by Gasteiger charge is -2.11. The maximum absolute atomic E-state index is 9.96. The summed E-state index contributed by atoms with van der Waals surface area (Å²) in [5.74, 6) is 0.248. The van der Waals surface area contributed by atoms with Crippen LogP contribution in [0, 0.1) is 0 Å². The predicted octanol–water partition coefficient (Wildman–Crippen LogP) is 2.95. The molecule has 0 aromatic heterocycles. The zero-order chi connectivity index (χ0) is 12.3. The maximum Gasteiger partial charge on any atom is 0.326 e. The second-order valence-electron chi connectivity index (χ2n) is 4.68. The van der Waals surface area contributed by atoms with Gasteiger partial charge in [-0.3, -0.25) is 0 Å². The van der Waals surface area contributed by atoms with E-state index in [4.69, 9.17) is 0 Å². The first kappa shape index (κ1) is 11.9. The topological polar surface area (TPSA) is 20.2 Å². The zero-order valence-electron chi connectivity index (χ0n) is 10.3. The molecule has 0 amide bonds. The van der Waals surface area contributed by atoms with Gasteiger partial charge in [0.2, 0.25) is 0 Å². The van der Waals surface area contributed by atoms with Gasteiger partial charge < -0.3 is 5.02 Å². The van der Waals surface area contributed by atoms with Crippen molar-refractivity contribution in [1.82, 2.24) is 0 Å². The highest BCUT2D eigenvalue weighted by molar-refractivity contribution is 6.67. The van der Waals surface area contributed by atoms with E-state index in [0.29, 0.717) is 0 Å². The van der Waals surface area contributed by atoms with Crippen LogP contribution in [0.2, 0.25) is 5.82 Å². The fourth-order valence-electron chi connectivity index (χ4n) is 1.89. The van der Waals surface area contributed by atoms with Crippen LogP contribution in [-0.4, -0.2) is 11.9 Å². The van der Waals surface area contributed by atoms with Crippen molar-refractivity contribution in [3.8, 4) is 11.1 Å². The Morgan fingerprint density at radius 1 is 0.824 bits per heavy atom. The molecule has 0 unspecified atom stereocenters. The zero-order valence-corrected chi connectivity index (χ0v) is 10.3. The SMILES string of the molecule is CC(C)B(O)c1ccc(-c2ccccc2)cc1. The van der Waals surface area contributed by atoms with Crippen molar-refractivity contribution in [1.29, 1.82) is 0 Å². The summed E-state index contributed by atoms with van der Waals surface area (Å²) in [5.41, 5.74) is 3.38. The van der Waals surface area contributed by atoms with Gasteiger partial charge in [-0.25, -0.2) is 0 Å². The summed E-state index contributed by atoms with van der Waals surface area (Å²) in [6, 6.07) is 18.4. The van der Waals surface area contributed by atoms with Crippen LogP contribution in [0.5, 0.6) is 0 Å². The molecule has 0 spiro atoms. The Morgan fingerprint density at radius 3 is 1.88 bits per heavy atom. The Balaban J connectivity index is 2.25. The second kappa shape index (κ2) is 5.20. The molecule has 0 aliphatic rings. The molecule has 0 atom stereocenters. The summed E-state index contributed by atoms with van der Waals surface area (Å²) in [6.45, 7) is 3.67. The van der Waals surface area contributed by atoms with Crippen molar-refractivity contribution in [3.63, 3.8) is 0 Å². The molecule has 0 saturated carbocycles. The van der Waals surface area contributed by atoms with Crippen LogP contribution in [0.3, 0.4) is 0 Å². The molecule has 1 N–H and O–H groups in total. The maximum atomic E-state index is 9.96. The highest BCUT2D eigenvalue weighted by atomic mass is 16.2. The summed E-state index contributed by atoms with van der Waals surface area (Å²) >= 11 is 0. The minimum atomic E-state index is -0.375. The van der Waals surface area contributed by atoms with Gasteiger partial charge in [-0.05, 0) is 22.4 Å². The molecule has 2 heteroatoms. The molecule has 2 aromatic carbocycles. The van der Waals surface area contributed by atoms with Gasteiger partial charge in [0.25, 0.3) is 0 Å². The first-order valence-corrected chi connectivity index (χ1v) is 6.02. The molecule has 86 valence electrons. The van der Waals surface area contributed by atoms with Gasteiger partial charge in [-0.1, -0.05) is 68.4 Å². The normalized spacial score (nSPS) is 10.6. The molecule has 0 heterocycles. The van der Waals surface area contributed by atoms with E-state index in [1.54, 1.807) is 0 Å². The molecule has 0 aliphatic heterocycles. The summed E-state index contributed by atoms with van der Waals surface area (Å²) in [4.78, 5) is 0. The summed E-state index contributed by atoms with van der Waals surface area (Å²) in [6.07, 6.45) is 0. The summed E-state index contributed by atoms with van der Waals surface area (Å²) in [7, 11) is 0.